The lowest BCUT2D eigenvalue weighted by Gasteiger charge is -2.05. The van der Waals surface area contributed by atoms with E-state index < -0.39 is 17.1 Å². The number of thioether (sulfide) groups is 1. The van der Waals surface area contributed by atoms with Crippen LogP contribution in [-0.2, 0) is 4.79 Å². The van der Waals surface area contributed by atoms with Crippen LogP contribution in [0, 0.1) is 0 Å². The summed E-state index contributed by atoms with van der Waals surface area (Å²) in [7, 11) is 0. The van der Waals surface area contributed by atoms with E-state index in [0.717, 1.165) is 11.8 Å². The molecule has 2 aromatic rings. The molecule has 1 aliphatic heterocycles. The number of imide groups is 1. The standard InChI is InChI=1S/C17H10ClNO4S/c18-12-6-4-11(5-7-12)16(21)23-13-3-1-2-10(8-13)9-14-15(20)19-17(22)24-14/h1-9H,(H,19,20,22)/b14-9-. The van der Waals surface area contributed by atoms with Crippen molar-refractivity contribution in [1.29, 1.82) is 0 Å². The largest absolute Gasteiger partial charge is 0.423 e. The highest BCUT2D eigenvalue weighted by Gasteiger charge is 2.24. The molecule has 24 heavy (non-hydrogen) atoms. The van der Waals surface area contributed by atoms with Gasteiger partial charge < -0.3 is 4.74 Å². The normalized spacial score (nSPS) is 15.5. The number of hydrogen-bond donors (Lipinski definition) is 1. The van der Waals surface area contributed by atoms with Crippen molar-refractivity contribution in [2.75, 3.05) is 0 Å². The van der Waals surface area contributed by atoms with Gasteiger partial charge in [-0.1, -0.05) is 23.7 Å². The Morgan fingerprint density at radius 2 is 1.88 bits per heavy atom. The molecule has 0 saturated carbocycles. The van der Waals surface area contributed by atoms with E-state index in [1.807, 2.05) is 0 Å². The monoisotopic (exact) mass is 359 g/mol. The average molecular weight is 360 g/mol. The van der Waals surface area contributed by atoms with E-state index in [9.17, 15) is 14.4 Å². The summed E-state index contributed by atoms with van der Waals surface area (Å²) in [4.78, 5) is 35.1. The summed E-state index contributed by atoms with van der Waals surface area (Å²) < 4.78 is 5.31. The minimum absolute atomic E-state index is 0.293. The third-order valence-electron chi connectivity index (χ3n) is 3.09. The fourth-order valence-corrected chi connectivity index (χ4v) is 2.80. The van der Waals surface area contributed by atoms with Crippen LogP contribution >= 0.6 is 23.4 Å². The Labute approximate surface area is 146 Å². The molecule has 1 heterocycles. The number of esters is 1. The summed E-state index contributed by atoms with van der Waals surface area (Å²) in [6.07, 6.45) is 1.56. The fraction of sp³-hybridized carbons (Fsp3) is 0. The second kappa shape index (κ2) is 6.90. The van der Waals surface area contributed by atoms with E-state index in [2.05, 4.69) is 5.32 Å². The molecule has 2 amide bonds. The van der Waals surface area contributed by atoms with Crippen LogP contribution in [0.2, 0.25) is 5.02 Å². The highest BCUT2D eigenvalue weighted by atomic mass is 35.5. The molecule has 5 nitrogen and oxygen atoms in total. The molecule has 0 bridgehead atoms. The Balaban J connectivity index is 1.77. The molecule has 2 aromatic carbocycles. The molecule has 0 unspecified atom stereocenters. The maximum absolute atomic E-state index is 12.1. The molecule has 1 aliphatic rings. The van der Waals surface area contributed by atoms with E-state index >= 15 is 0 Å². The van der Waals surface area contributed by atoms with Crippen LogP contribution in [0.3, 0.4) is 0 Å². The van der Waals surface area contributed by atoms with Crippen LogP contribution in [0.4, 0.5) is 4.79 Å². The van der Waals surface area contributed by atoms with Crippen molar-refractivity contribution in [3.8, 4) is 5.75 Å². The van der Waals surface area contributed by atoms with Gasteiger partial charge in [-0.25, -0.2) is 4.79 Å². The van der Waals surface area contributed by atoms with Crippen molar-refractivity contribution in [3.63, 3.8) is 0 Å². The number of rotatable bonds is 3. The lowest BCUT2D eigenvalue weighted by Crippen LogP contribution is -2.17. The van der Waals surface area contributed by atoms with E-state index in [-0.39, 0.29) is 0 Å². The van der Waals surface area contributed by atoms with Crippen molar-refractivity contribution in [2.45, 2.75) is 0 Å². The van der Waals surface area contributed by atoms with Crippen LogP contribution in [0.15, 0.2) is 53.4 Å². The minimum Gasteiger partial charge on any atom is -0.423 e. The molecule has 1 fully saturated rings. The molecule has 1 N–H and O–H groups in total. The van der Waals surface area contributed by atoms with Gasteiger partial charge in [0.1, 0.15) is 5.75 Å². The maximum atomic E-state index is 12.1. The second-order valence-corrected chi connectivity index (χ2v) is 6.27. The zero-order valence-corrected chi connectivity index (χ0v) is 13.7. The summed E-state index contributed by atoms with van der Waals surface area (Å²) in [5, 5.41) is 2.30. The van der Waals surface area contributed by atoms with Crippen LogP contribution in [0.5, 0.6) is 5.75 Å². The molecule has 0 spiro atoms. The third kappa shape index (κ3) is 3.84. The van der Waals surface area contributed by atoms with Crippen LogP contribution in [-0.4, -0.2) is 17.1 Å². The number of carbonyl (C=O) groups is 3. The Hall–Kier alpha value is -2.57. The van der Waals surface area contributed by atoms with Crippen molar-refractivity contribution in [1.82, 2.24) is 5.32 Å². The molecule has 0 aliphatic carbocycles. The highest BCUT2D eigenvalue weighted by molar-refractivity contribution is 8.18. The number of ether oxygens (including phenoxy) is 1. The van der Waals surface area contributed by atoms with E-state index in [0.29, 0.717) is 26.8 Å². The van der Waals surface area contributed by atoms with Crippen molar-refractivity contribution < 1.29 is 19.1 Å². The number of amides is 2. The van der Waals surface area contributed by atoms with Gasteiger partial charge in [0.05, 0.1) is 10.5 Å². The Bertz CT molecular complexity index is 861. The molecule has 0 atom stereocenters. The van der Waals surface area contributed by atoms with Gasteiger partial charge in [-0.05, 0) is 59.8 Å². The van der Waals surface area contributed by atoms with Crippen LogP contribution in [0.25, 0.3) is 6.08 Å². The van der Waals surface area contributed by atoms with Crippen molar-refractivity contribution in [3.05, 3.63) is 69.6 Å². The first-order chi connectivity index (χ1) is 11.5. The first kappa shape index (κ1) is 16.3. The lowest BCUT2D eigenvalue weighted by atomic mass is 10.2. The predicted molar refractivity (Wildman–Crippen MR) is 92.0 cm³/mol. The van der Waals surface area contributed by atoms with Gasteiger partial charge >= 0.3 is 5.97 Å². The molecule has 0 aromatic heterocycles. The summed E-state index contributed by atoms with van der Waals surface area (Å²) in [6, 6.07) is 13.0. The smallest absolute Gasteiger partial charge is 0.343 e. The van der Waals surface area contributed by atoms with E-state index in [4.69, 9.17) is 16.3 Å². The highest BCUT2D eigenvalue weighted by Crippen LogP contribution is 2.26. The summed E-state index contributed by atoms with van der Waals surface area (Å²) in [5.41, 5.74) is 1.02. The van der Waals surface area contributed by atoms with E-state index in [1.54, 1.807) is 54.6 Å². The van der Waals surface area contributed by atoms with Gasteiger partial charge in [0.15, 0.2) is 0 Å². The number of halogens is 1. The zero-order valence-electron chi connectivity index (χ0n) is 12.1. The third-order valence-corrected chi connectivity index (χ3v) is 4.15. The number of nitrogens with one attached hydrogen (secondary N) is 1. The predicted octanol–water partition coefficient (Wildman–Crippen LogP) is 3.88. The Morgan fingerprint density at radius 1 is 1.12 bits per heavy atom. The molecule has 0 radical (unpaired) electrons. The summed E-state index contributed by atoms with van der Waals surface area (Å²) in [6.45, 7) is 0. The zero-order chi connectivity index (χ0) is 17.1. The topological polar surface area (TPSA) is 72.5 Å². The number of hydrogen-bond acceptors (Lipinski definition) is 5. The van der Waals surface area contributed by atoms with Crippen LogP contribution < -0.4 is 10.1 Å². The SMILES string of the molecule is O=C1NC(=O)/C(=C/c2cccc(OC(=O)c3ccc(Cl)cc3)c2)S1. The van der Waals surface area contributed by atoms with Crippen LogP contribution in [0.1, 0.15) is 15.9 Å². The molecule has 120 valence electrons. The lowest BCUT2D eigenvalue weighted by molar-refractivity contribution is -0.115. The summed E-state index contributed by atoms with van der Waals surface area (Å²) >= 11 is 6.61. The first-order valence-corrected chi connectivity index (χ1v) is 8.03. The Morgan fingerprint density at radius 3 is 2.54 bits per heavy atom. The van der Waals surface area contributed by atoms with Gasteiger partial charge in [-0.15, -0.1) is 0 Å². The van der Waals surface area contributed by atoms with Crippen molar-refractivity contribution in [2.24, 2.45) is 0 Å². The van der Waals surface area contributed by atoms with Gasteiger partial charge in [0.25, 0.3) is 11.1 Å². The van der Waals surface area contributed by atoms with Crippen molar-refractivity contribution >= 4 is 46.6 Å². The fourth-order valence-electron chi connectivity index (χ4n) is 1.99. The second-order valence-electron chi connectivity index (χ2n) is 4.82. The quantitative estimate of drug-likeness (QED) is 0.511. The molecular formula is C17H10ClNO4S. The van der Waals surface area contributed by atoms with Gasteiger partial charge in [0.2, 0.25) is 0 Å². The minimum atomic E-state index is -0.514. The summed E-state index contributed by atoms with van der Waals surface area (Å²) in [5.74, 6) is -0.618. The molecule has 3 rings (SSSR count). The average Bonchev–Trinajstić information content (AvgIpc) is 2.86. The Kier molecular flexibility index (Phi) is 4.69. The first-order valence-electron chi connectivity index (χ1n) is 6.84. The molecular weight excluding hydrogens is 350 g/mol. The number of benzene rings is 2. The number of carbonyl (C=O) groups excluding carboxylic acids is 3. The van der Waals surface area contributed by atoms with E-state index in [1.165, 1.54) is 0 Å². The molecule has 7 heteroatoms. The maximum Gasteiger partial charge on any atom is 0.343 e. The van der Waals surface area contributed by atoms with Gasteiger partial charge in [-0.2, -0.15) is 0 Å². The van der Waals surface area contributed by atoms with Gasteiger partial charge in [0, 0.05) is 5.02 Å². The van der Waals surface area contributed by atoms with Gasteiger partial charge in [-0.3, -0.25) is 14.9 Å². The molecule has 1 saturated heterocycles.